The lowest BCUT2D eigenvalue weighted by Crippen LogP contribution is -2.57. The predicted molar refractivity (Wildman–Crippen MR) is 126 cm³/mol. The van der Waals surface area contributed by atoms with Crippen LogP contribution < -0.4 is 5.32 Å². The molecule has 1 spiro atoms. The van der Waals surface area contributed by atoms with Crippen LogP contribution in [0.4, 0.5) is 5.69 Å². The number of halogens is 1. The van der Waals surface area contributed by atoms with E-state index < -0.39 is 47.5 Å². The van der Waals surface area contributed by atoms with Crippen molar-refractivity contribution in [1.82, 2.24) is 4.90 Å². The minimum absolute atomic E-state index is 0.0697. The molecule has 2 unspecified atom stereocenters. The summed E-state index contributed by atoms with van der Waals surface area (Å²) in [6, 6.07) is 3.73. The van der Waals surface area contributed by atoms with Crippen LogP contribution in [0.25, 0.3) is 0 Å². The summed E-state index contributed by atoms with van der Waals surface area (Å²) in [6.07, 6.45) is 1.26. The van der Waals surface area contributed by atoms with Crippen LogP contribution in [0, 0.1) is 24.7 Å². The van der Waals surface area contributed by atoms with Crippen molar-refractivity contribution in [2.24, 2.45) is 17.8 Å². The van der Waals surface area contributed by atoms with E-state index in [0.29, 0.717) is 30.0 Å². The van der Waals surface area contributed by atoms with Gasteiger partial charge in [-0.25, -0.2) is 0 Å². The molecule has 9 heteroatoms. The molecule has 3 aliphatic heterocycles. The molecular formula is C25H33ClN2O6. The van der Waals surface area contributed by atoms with Crippen LogP contribution in [0.1, 0.15) is 45.6 Å². The van der Waals surface area contributed by atoms with Crippen LogP contribution in [0.5, 0.6) is 0 Å². The quantitative estimate of drug-likeness (QED) is 0.540. The number of ether oxygens (including phenoxy) is 2. The second-order valence-corrected chi connectivity index (χ2v) is 10.0. The van der Waals surface area contributed by atoms with Crippen molar-refractivity contribution < 1.29 is 29.0 Å². The molecule has 0 saturated carbocycles. The normalized spacial score (nSPS) is 31.4. The van der Waals surface area contributed by atoms with Crippen molar-refractivity contribution in [2.45, 2.75) is 70.7 Å². The lowest BCUT2D eigenvalue weighted by atomic mass is 9.70. The third kappa shape index (κ3) is 3.71. The zero-order chi connectivity index (χ0) is 24.8. The third-order valence-electron chi connectivity index (χ3n) is 7.86. The first-order valence-electron chi connectivity index (χ1n) is 12.0. The Kier molecular flexibility index (Phi) is 6.95. The molecular weight excluding hydrogens is 460 g/mol. The summed E-state index contributed by atoms with van der Waals surface area (Å²) in [4.78, 5) is 42.2. The van der Waals surface area contributed by atoms with Gasteiger partial charge in [0.2, 0.25) is 11.8 Å². The monoisotopic (exact) mass is 492 g/mol. The number of hydrogen-bond donors (Lipinski definition) is 2. The Hall–Kier alpha value is -2.16. The number of amides is 2. The molecule has 0 radical (unpaired) electrons. The van der Waals surface area contributed by atoms with Crippen LogP contribution in [0.3, 0.4) is 0 Å². The molecule has 0 aliphatic carbocycles. The van der Waals surface area contributed by atoms with Crippen LogP contribution in [0.15, 0.2) is 18.2 Å². The van der Waals surface area contributed by atoms with Gasteiger partial charge in [0.05, 0.1) is 47.9 Å². The lowest BCUT2D eigenvalue weighted by Gasteiger charge is -2.38. The number of nitrogens with one attached hydrogen (secondary N) is 1. The summed E-state index contributed by atoms with van der Waals surface area (Å²) in [6.45, 7) is 7.36. The van der Waals surface area contributed by atoms with Gasteiger partial charge in [-0.05, 0) is 44.2 Å². The van der Waals surface area contributed by atoms with Crippen molar-refractivity contribution in [3.8, 4) is 0 Å². The molecule has 34 heavy (non-hydrogen) atoms. The number of anilines is 1. The van der Waals surface area contributed by atoms with E-state index in [1.54, 1.807) is 19.1 Å². The van der Waals surface area contributed by atoms with Crippen molar-refractivity contribution >= 4 is 35.1 Å². The minimum Gasteiger partial charge on any atom is -0.466 e. The van der Waals surface area contributed by atoms with E-state index in [4.69, 9.17) is 21.1 Å². The maximum Gasteiger partial charge on any atom is 0.312 e. The molecule has 8 nitrogen and oxygen atoms in total. The van der Waals surface area contributed by atoms with E-state index in [1.807, 2.05) is 26.8 Å². The predicted octanol–water partition coefficient (Wildman–Crippen LogP) is 2.93. The van der Waals surface area contributed by atoms with Gasteiger partial charge in [-0.2, -0.15) is 0 Å². The summed E-state index contributed by atoms with van der Waals surface area (Å²) in [5.41, 5.74) is 0.103. The molecule has 3 heterocycles. The summed E-state index contributed by atoms with van der Waals surface area (Å²) >= 11 is 6.37. The number of esters is 1. The van der Waals surface area contributed by atoms with Crippen LogP contribution in [0.2, 0.25) is 5.02 Å². The van der Waals surface area contributed by atoms with Gasteiger partial charge in [0.15, 0.2) is 0 Å². The average Bonchev–Trinajstić information content (AvgIpc) is 3.44. The molecule has 1 aromatic rings. The second kappa shape index (κ2) is 9.47. The topological polar surface area (TPSA) is 105 Å². The van der Waals surface area contributed by atoms with Crippen molar-refractivity contribution in [3.05, 3.63) is 28.8 Å². The zero-order valence-corrected chi connectivity index (χ0v) is 20.8. The molecule has 3 saturated heterocycles. The highest BCUT2D eigenvalue weighted by Crippen LogP contribution is 2.59. The number of aliphatic hydroxyl groups excluding tert-OH is 1. The van der Waals surface area contributed by atoms with Gasteiger partial charge in [0, 0.05) is 0 Å². The Labute approximate surface area is 204 Å². The minimum atomic E-state index is -1.15. The maximum atomic E-state index is 13.9. The number of carbonyl (C=O) groups is 3. The Morgan fingerprint density at radius 3 is 2.74 bits per heavy atom. The first kappa shape index (κ1) is 24.9. The van der Waals surface area contributed by atoms with E-state index >= 15 is 0 Å². The largest absolute Gasteiger partial charge is 0.466 e. The van der Waals surface area contributed by atoms with Gasteiger partial charge >= 0.3 is 5.97 Å². The van der Waals surface area contributed by atoms with Gasteiger partial charge in [-0.1, -0.05) is 44.0 Å². The number of aliphatic hydroxyl groups is 1. The third-order valence-corrected chi connectivity index (χ3v) is 8.18. The van der Waals surface area contributed by atoms with Crippen LogP contribution >= 0.6 is 11.6 Å². The van der Waals surface area contributed by atoms with E-state index in [1.165, 1.54) is 4.90 Å². The molecule has 3 fully saturated rings. The Morgan fingerprint density at radius 2 is 2.12 bits per heavy atom. The molecule has 2 N–H and O–H groups in total. The molecule has 2 amide bonds. The zero-order valence-electron chi connectivity index (χ0n) is 20.0. The number of likely N-dealkylation sites (tertiary alicyclic amines) is 1. The van der Waals surface area contributed by atoms with Gasteiger partial charge in [0.1, 0.15) is 11.6 Å². The number of hydrogen-bond acceptors (Lipinski definition) is 6. The second-order valence-electron chi connectivity index (χ2n) is 9.61. The van der Waals surface area contributed by atoms with E-state index in [9.17, 15) is 19.5 Å². The fourth-order valence-corrected chi connectivity index (χ4v) is 6.32. The Balaban J connectivity index is 1.78. The lowest BCUT2D eigenvalue weighted by molar-refractivity contribution is -0.155. The first-order valence-corrected chi connectivity index (χ1v) is 12.4. The summed E-state index contributed by atoms with van der Waals surface area (Å²) in [5.74, 6) is -2.90. The Bertz CT molecular complexity index is 966. The van der Waals surface area contributed by atoms with Crippen LogP contribution in [-0.2, 0) is 23.9 Å². The molecule has 186 valence electrons. The summed E-state index contributed by atoms with van der Waals surface area (Å²) in [5, 5.41) is 13.6. The highest BCUT2D eigenvalue weighted by Gasteiger charge is 2.75. The standard InChI is InChI=1S/C25H33ClN2O6/c1-5-13(3)16(12-29)28-21(22(30)27-20-14(4)8-7-9-15(20)26)25-11-10-17(34-25)18(19(25)23(28)31)24(32)33-6-2/h7-9,13,16-19,21,29H,5-6,10-12H2,1-4H3,(H,27,30)/t13-,16-,17-,18+,19-,21?,25?/m0/s1. The fourth-order valence-electron chi connectivity index (χ4n) is 6.05. The van der Waals surface area contributed by atoms with E-state index in [0.717, 1.165) is 5.56 Å². The number of aryl methyl sites for hydroxylation is 1. The summed E-state index contributed by atoms with van der Waals surface area (Å²) in [7, 11) is 0. The highest BCUT2D eigenvalue weighted by molar-refractivity contribution is 6.34. The molecule has 4 rings (SSSR count). The van der Waals surface area contributed by atoms with Gasteiger partial charge in [0.25, 0.3) is 0 Å². The first-order chi connectivity index (χ1) is 16.2. The number of nitrogens with zero attached hydrogens (tertiary/aromatic N) is 1. The van der Waals surface area contributed by atoms with Crippen molar-refractivity contribution in [3.63, 3.8) is 0 Å². The fraction of sp³-hybridized carbons (Fsp3) is 0.640. The summed E-state index contributed by atoms with van der Waals surface area (Å²) < 4.78 is 11.7. The smallest absolute Gasteiger partial charge is 0.312 e. The highest BCUT2D eigenvalue weighted by atomic mass is 35.5. The molecule has 2 bridgehead atoms. The Morgan fingerprint density at radius 1 is 1.38 bits per heavy atom. The molecule has 0 aromatic heterocycles. The number of benzene rings is 1. The maximum absolute atomic E-state index is 13.9. The number of rotatable bonds is 8. The molecule has 1 aromatic carbocycles. The molecule has 7 atom stereocenters. The van der Waals surface area contributed by atoms with Gasteiger partial charge in [-0.15, -0.1) is 0 Å². The average molecular weight is 493 g/mol. The van der Waals surface area contributed by atoms with Gasteiger partial charge < -0.3 is 24.8 Å². The SMILES string of the molecule is CCOC(=O)[C@@H]1[C@@H]2CCC3(O2)C(C(=O)Nc2c(C)cccc2Cl)N([C@@H](CO)[C@@H](C)CC)C(=O)[C@H]13. The number of fused-ring (bicyclic) bond motifs is 1. The van der Waals surface area contributed by atoms with Gasteiger partial charge in [-0.3, -0.25) is 14.4 Å². The van der Waals surface area contributed by atoms with Crippen molar-refractivity contribution in [1.29, 1.82) is 0 Å². The van der Waals surface area contributed by atoms with Crippen molar-refractivity contribution in [2.75, 3.05) is 18.5 Å². The van der Waals surface area contributed by atoms with E-state index in [2.05, 4.69) is 5.32 Å². The molecule has 3 aliphatic rings. The van der Waals surface area contributed by atoms with E-state index in [-0.39, 0.29) is 25.0 Å². The number of para-hydroxylation sites is 1. The van der Waals surface area contributed by atoms with Crippen LogP contribution in [-0.4, -0.2) is 64.8 Å². The number of carbonyl (C=O) groups excluding carboxylic acids is 3.